The topological polar surface area (TPSA) is 130 Å². The Morgan fingerprint density at radius 3 is 3.00 bits per heavy atom. The van der Waals surface area contributed by atoms with Crippen LogP contribution in [0.15, 0.2) is 18.1 Å². The lowest BCUT2D eigenvalue weighted by molar-refractivity contribution is -0.150. The second kappa shape index (κ2) is 5.16. The predicted molar refractivity (Wildman–Crippen MR) is 68.6 cm³/mol. The Morgan fingerprint density at radius 1 is 1.52 bits per heavy atom. The molecule has 1 aromatic rings. The molecule has 0 radical (unpaired) electrons. The number of carboxylic acid groups (broad SMARTS) is 1. The number of thioether (sulfide) groups is 1. The van der Waals surface area contributed by atoms with Crippen molar-refractivity contribution >= 4 is 29.5 Å². The molecule has 0 spiro atoms. The summed E-state index contributed by atoms with van der Waals surface area (Å²) >= 11 is 1.40. The Bertz CT molecular complexity index is 630. The van der Waals surface area contributed by atoms with Gasteiger partial charge in [-0.15, -0.1) is 16.9 Å². The molecule has 0 bridgehead atoms. The third-order valence-corrected chi connectivity index (χ3v) is 4.26. The number of carbonyl (C=O) groups is 3. The number of amides is 2. The Balaban J connectivity index is 1.64. The zero-order chi connectivity index (χ0) is 15.0. The molecular weight excluding hydrogens is 300 g/mol. The van der Waals surface area contributed by atoms with Crippen LogP contribution in [0.5, 0.6) is 0 Å². The van der Waals surface area contributed by atoms with Gasteiger partial charge in [-0.3, -0.25) is 14.5 Å². The number of fused-ring (bicyclic) bond motifs is 1. The van der Waals surface area contributed by atoms with Crippen molar-refractivity contribution in [1.29, 1.82) is 0 Å². The molecular formula is C10H10N6O4S. The minimum absolute atomic E-state index is 0.0327. The Labute approximate surface area is 122 Å². The van der Waals surface area contributed by atoms with Crippen molar-refractivity contribution in [3.8, 4) is 0 Å². The first kappa shape index (κ1) is 13.5. The van der Waals surface area contributed by atoms with E-state index < -0.39 is 23.8 Å². The van der Waals surface area contributed by atoms with Gasteiger partial charge in [-0.05, 0) is 16.5 Å². The van der Waals surface area contributed by atoms with Crippen molar-refractivity contribution in [3.05, 3.63) is 18.1 Å². The van der Waals surface area contributed by atoms with E-state index in [-0.39, 0.29) is 17.6 Å². The van der Waals surface area contributed by atoms with Gasteiger partial charge in [-0.25, -0.2) is 9.48 Å². The standard InChI is InChI=1S/C10H10N6O4S/c17-6(3-15-4-11-13-14-15)12-7-8(18)16-5(10(19)20)1-2-21-9(7)16/h1,4,7,9H,2-3H2,(H,12,17)(H,19,20). The molecule has 2 aliphatic heterocycles. The highest BCUT2D eigenvalue weighted by Crippen LogP contribution is 2.37. The van der Waals surface area contributed by atoms with Gasteiger partial charge in [0.15, 0.2) is 0 Å². The van der Waals surface area contributed by atoms with Crippen LogP contribution in [0.1, 0.15) is 0 Å². The average Bonchev–Trinajstić information content (AvgIpc) is 2.96. The number of nitrogens with zero attached hydrogens (tertiary/aromatic N) is 5. The summed E-state index contributed by atoms with van der Waals surface area (Å²) in [4.78, 5) is 36.0. The van der Waals surface area contributed by atoms with Crippen LogP contribution in [-0.4, -0.2) is 65.2 Å². The number of β-lactam (4-membered cyclic amide) rings is 1. The highest BCUT2D eigenvalue weighted by atomic mass is 32.2. The van der Waals surface area contributed by atoms with Gasteiger partial charge in [-0.2, -0.15) is 0 Å². The maximum atomic E-state index is 12.0. The number of nitrogens with one attached hydrogen (secondary N) is 1. The predicted octanol–water partition coefficient (Wildman–Crippen LogP) is -1.96. The molecule has 0 saturated carbocycles. The lowest BCUT2D eigenvalue weighted by Crippen LogP contribution is -2.70. The largest absolute Gasteiger partial charge is 0.477 e. The fourth-order valence-corrected chi connectivity index (χ4v) is 3.35. The third kappa shape index (κ3) is 2.35. The van der Waals surface area contributed by atoms with E-state index in [1.807, 2.05) is 0 Å². The zero-order valence-electron chi connectivity index (χ0n) is 10.5. The molecule has 2 unspecified atom stereocenters. The number of aromatic nitrogens is 4. The van der Waals surface area contributed by atoms with E-state index in [1.165, 1.54) is 33.7 Å². The molecule has 10 nitrogen and oxygen atoms in total. The van der Waals surface area contributed by atoms with Gasteiger partial charge in [0, 0.05) is 5.75 Å². The van der Waals surface area contributed by atoms with E-state index in [4.69, 9.17) is 5.11 Å². The van der Waals surface area contributed by atoms with Crippen molar-refractivity contribution in [2.45, 2.75) is 18.0 Å². The van der Waals surface area contributed by atoms with E-state index in [0.717, 1.165) is 0 Å². The first-order valence-electron chi connectivity index (χ1n) is 5.96. The molecule has 0 aliphatic carbocycles. The molecule has 21 heavy (non-hydrogen) atoms. The van der Waals surface area contributed by atoms with Gasteiger partial charge in [0.2, 0.25) is 5.91 Å². The maximum Gasteiger partial charge on any atom is 0.352 e. The number of hydrogen-bond acceptors (Lipinski definition) is 7. The third-order valence-electron chi connectivity index (χ3n) is 3.08. The zero-order valence-corrected chi connectivity index (χ0v) is 11.4. The highest BCUT2D eigenvalue weighted by molar-refractivity contribution is 8.00. The van der Waals surface area contributed by atoms with Crippen LogP contribution in [0.2, 0.25) is 0 Å². The molecule has 1 saturated heterocycles. The monoisotopic (exact) mass is 310 g/mol. The van der Waals surface area contributed by atoms with Crippen LogP contribution in [0, 0.1) is 0 Å². The Hall–Kier alpha value is -2.43. The summed E-state index contributed by atoms with van der Waals surface area (Å²) in [5, 5.41) is 21.6. The molecule has 2 amide bonds. The summed E-state index contributed by atoms with van der Waals surface area (Å²) < 4.78 is 1.23. The molecule has 2 atom stereocenters. The summed E-state index contributed by atoms with van der Waals surface area (Å²) in [5.74, 6) is -1.50. The number of hydrogen-bond donors (Lipinski definition) is 2. The molecule has 2 N–H and O–H groups in total. The van der Waals surface area contributed by atoms with Crippen LogP contribution >= 0.6 is 11.8 Å². The van der Waals surface area contributed by atoms with Gasteiger partial charge in [0.25, 0.3) is 5.91 Å². The van der Waals surface area contributed by atoms with E-state index in [9.17, 15) is 14.4 Å². The molecule has 110 valence electrons. The SMILES string of the molecule is O=C(Cn1cnnn1)NC1C(=O)N2C(C(=O)O)=CCSC12. The summed E-state index contributed by atoms with van der Waals surface area (Å²) in [7, 11) is 0. The number of rotatable bonds is 4. The molecule has 2 aliphatic rings. The summed E-state index contributed by atoms with van der Waals surface area (Å²) in [6.07, 6.45) is 2.77. The van der Waals surface area contributed by atoms with Crippen molar-refractivity contribution in [1.82, 2.24) is 30.4 Å². The van der Waals surface area contributed by atoms with Crippen LogP contribution in [0.3, 0.4) is 0 Å². The summed E-state index contributed by atoms with van der Waals surface area (Å²) in [5.41, 5.74) is -0.0327. The number of carboxylic acids is 1. The van der Waals surface area contributed by atoms with Crippen LogP contribution in [-0.2, 0) is 20.9 Å². The molecule has 1 fully saturated rings. The van der Waals surface area contributed by atoms with Gasteiger partial charge in [-0.1, -0.05) is 0 Å². The van der Waals surface area contributed by atoms with Crippen molar-refractivity contribution in [3.63, 3.8) is 0 Å². The molecule has 3 rings (SSSR count). The Kier molecular flexibility index (Phi) is 3.33. The normalized spacial score (nSPS) is 23.9. The van der Waals surface area contributed by atoms with Crippen molar-refractivity contribution in [2.75, 3.05) is 5.75 Å². The molecule has 1 aromatic heterocycles. The second-order valence-electron chi connectivity index (χ2n) is 4.38. The van der Waals surface area contributed by atoms with Gasteiger partial charge in [0.1, 0.15) is 30.0 Å². The fourth-order valence-electron chi connectivity index (χ4n) is 2.16. The van der Waals surface area contributed by atoms with E-state index in [1.54, 1.807) is 0 Å². The first-order chi connectivity index (χ1) is 10.1. The lowest BCUT2D eigenvalue weighted by Gasteiger charge is -2.48. The molecule has 11 heteroatoms. The van der Waals surface area contributed by atoms with Crippen LogP contribution in [0.25, 0.3) is 0 Å². The highest BCUT2D eigenvalue weighted by Gasteiger charge is 2.52. The lowest BCUT2D eigenvalue weighted by atomic mass is 10.1. The Morgan fingerprint density at radius 2 is 2.33 bits per heavy atom. The van der Waals surface area contributed by atoms with Gasteiger partial charge < -0.3 is 10.4 Å². The van der Waals surface area contributed by atoms with Crippen LogP contribution in [0.4, 0.5) is 0 Å². The molecule has 0 aromatic carbocycles. The van der Waals surface area contributed by atoms with Crippen molar-refractivity contribution in [2.24, 2.45) is 0 Å². The number of tetrazole rings is 1. The first-order valence-corrected chi connectivity index (χ1v) is 7.01. The van der Waals surface area contributed by atoms with E-state index >= 15 is 0 Å². The van der Waals surface area contributed by atoms with Gasteiger partial charge in [0.05, 0.1) is 0 Å². The molecule has 3 heterocycles. The fraction of sp³-hybridized carbons (Fsp3) is 0.400. The summed E-state index contributed by atoms with van der Waals surface area (Å²) in [6.45, 7) is -0.101. The smallest absolute Gasteiger partial charge is 0.352 e. The van der Waals surface area contributed by atoms with E-state index in [2.05, 4.69) is 20.8 Å². The van der Waals surface area contributed by atoms with Crippen LogP contribution < -0.4 is 5.32 Å². The number of aliphatic carboxylic acids is 1. The maximum absolute atomic E-state index is 12.0. The summed E-state index contributed by atoms with van der Waals surface area (Å²) in [6, 6.07) is -0.720. The minimum Gasteiger partial charge on any atom is -0.477 e. The van der Waals surface area contributed by atoms with E-state index in [0.29, 0.717) is 5.75 Å². The van der Waals surface area contributed by atoms with Crippen molar-refractivity contribution < 1.29 is 19.5 Å². The minimum atomic E-state index is -1.15. The quantitative estimate of drug-likeness (QED) is 0.613. The van der Waals surface area contributed by atoms with Gasteiger partial charge >= 0.3 is 5.97 Å². The number of carbonyl (C=O) groups excluding carboxylic acids is 2. The average molecular weight is 310 g/mol. The second-order valence-corrected chi connectivity index (χ2v) is 5.53.